The molecule has 168 valence electrons. The van der Waals surface area contributed by atoms with Gasteiger partial charge in [-0.15, -0.1) is 18.3 Å². The van der Waals surface area contributed by atoms with E-state index < -0.39 is 26.5 Å². The maximum atomic E-state index is 12.7. The zero-order valence-corrected chi connectivity index (χ0v) is 18.6. The molecule has 0 fully saturated rings. The second-order valence-electron chi connectivity index (χ2n) is 7.73. The van der Waals surface area contributed by atoms with Gasteiger partial charge in [0.15, 0.2) is 12.1 Å². The maximum Gasteiger partial charge on any atom is 0.573 e. The van der Waals surface area contributed by atoms with E-state index in [0.717, 1.165) is 6.04 Å². The summed E-state index contributed by atoms with van der Waals surface area (Å²) in [6.45, 7) is 7.51. The van der Waals surface area contributed by atoms with Crippen LogP contribution in [0.5, 0.6) is 5.75 Å². The zero-order valence-electron chi connectivity index (χ0n) is 17.6. The molecule has 0 amide bonds. The van der Waals surface area contributed by atoms with Crippen molar-refractivity contribution in [3.8, 4) is 5.75 Å². The summed E-state index contributed by atoms with van der Waals surface area (Å²) in [4.78, 5) is 0. The number of hydrogen-bond donors (Lipinski definition) is 1. The van der Waals surface area contributed by atoms with Gasteiger partial charge in [0.05, 0.1) is 6.20 Å². The second kappa shape index (κ2) is 10.2. The van der Waals surface area contributed by atoms with Crippen LogP contribution >= 0.6 is 0 Å². The number of aromatic nitrogens is 3. The van der Waals surface area contributed by atoms with Crippen LogP contribution in [-0.2, 0) is 20.9 Å². The van der Waals surface area contributed by atoms with Crippen molar-refractivity contribution >= 4 is 19.6 Å². The Bertz CT molecular complexity index is 807. The summed E-state index contributed by atoms with van der Waals surface area (Å²) in [5.41, 5.74) is 0.658. The number of hydrogen-bond acceptors (Lipinski definition) is 7. The van der Waals surface area contributed by atoms with E-state index in [1.54, 1.807) is 6.07 Å². The Kier molecular flexibility index (Phi) is 8.23. The van der Waals surface area contributed by atoms with Gasteiger partial charge in [0.1, 0.15) is 12.5 Å². The number of halogens is 3. The Morgan fingerprint density at radius 1 is 1.13 bits per heavy atom. The van der Waals surface area contributed by atoms with Gasteiger partial charge >= 0.3 is 6.36 Å². The highest BCUT2D eigenvalue weighted by molar-refractivity contribution is 6.76. The molecule has 2 aromatic rings. The molecule has 0 saturated carbocycles. The molecule has 1 aromatic heterocycles. The number of methoxy groups -OCH3 is 2. The average Bonchev–Trinajstić information content (AvgIpc) is 3.04. The lowest BCUT2D eigenvalue weighted by Gasteiger charge is -2.18. The largest absolute Gasteiger partial charge is 0.573 e. The number of rotatable bonds is 11. The van der Waals surface area contributed by atoms with E-state index in [0.29, 0.717) is 23.7 Å². The van der Waals surface area contributed by atoms with Crippen molar-refractivity contribution in [3.05, 3.63) is 30.0 Å². The van der Waals surface area contributed by atoms with Crippen LogP contribution in [-0.4, -0.2) is 50.3 Å². The molecule has 2 rings (SSSR count). The van der Waals surface area contributed by atoms with Crippen LogP contribution < -0.4 is 10.1 Å². The third-order valence-corrected chi connectivity index (χ3v) is 5.67. The van der Waals surface area contributed by atoms with Crippen molar-refractivity contribution in [1.29, 1.82) is 0 Å². The molecule has 0 aliphatic heterocycles. The fourth-order valence-electron chi connectivity index (χ4n) is 2.52. The summed E-state index contributed by atoms with van der Waals surface area (Å²) >= 11 is 0. The maximum absolute atomic E-state index is 12.7. The predicted molar refractivity (Wildman–Crippen MR) is 107 cm³/mol. The molecule has 0 bridgehead atoms. The number of anilines is 2. The standard InChI is InChI=1S/C18H27F3N4O4Si/c1-26-17(27-2)13-8-14(10-15(9-13)29-18(19,20)21)23-16-11-22-24-25(16)12-28-6-7-30(3,4)5/h8-11,17,23H,6-7,12H2,1-5H3. The summed E-state index contributed by atoms with van der Waals surface area (Å²) < 4.78 is 59.7. The summed E-state index contributed by atoms with van der Waals surface area (Å²) in [5.74, 6) is 0.0384. The first-order valence-electron chi connectivity index (χ1n) is 9.20. The predicted octanol–water partition coefficient (Wildman–Crippen LogP) is 4.52. The fourth-order valence-corrected chi connectivity index (χ4v) is 3.28. The van der Waals surface area contributed by atoms with Crippen molar-refractivity contribution in [2.45, 2.75) is 45.1 Å². The van der Waals surface area contributed by atoms with Crippen LogP contribution in [0.25, 0.3) is 0 Å². The summed E-state index contributed by atoms with van der Waals surface area (Å²) in [6, 6.07) is 5.00. The Labute approximate surface area is 174 Å². The highest BCUT2D eigenvalue weighted by Crippen LogP contribution is 2.32. The number of benzene rings is 1. The Hall–Kier alpha value is -2.15. The van der Waals surface area contributed by atoms with Crippen molar-refractivity contribution in [1.82, 2.24) is 15.0 Å². The van der Waals surface area contributed by atoms with Gasteiger partial charge in [0.2, 0.25) is 0 Å². The fraction of sp³-hybridized carbons (Fsp3) is 0.556. The molecule has 8 nitrogen and oxygen atoms in total. The van der Waals surface area contributed by atoms with E-state index in [9.17, 15) is 13.2 Å². The molecule has 12 heteroatoms. The van der Waals surface area contributed by atoms with Crippen LogP contribution in [0, 0.1) is 0 Å². The van der Waals surface area contributed by atoms with Crippen molar-refractivity contribution in [3.63, 3.8) is 0 Å². The smallest absolute Gasteiger partial charge is 0.406 e. The molecule has 0 unspecified atom stereocenters. The molecule has 1 aromatic carbocycles. The van der Waals surface area contributed by atoms with Gasteiger partial charge < -0.3 is 24.3 Å². The molecule has 0 atom stereocenters. The molecule has 30 heavy (non-hydrogen) atoms. The SMILES string of the molecule is COC(OC)c1cc(Nc2cnnn2COCC[Si](C)(C)C)cc(OC(F)(F)F)c1. The minimum atomic E-state index is -4.83. The highest BCUT2D eigenvalue weighted by Gasteiger charge is 2.31. The molecule has 0 radical (unpaired) electrons. The van der Waals surface area contributed by atoms with Gasteiger partial charge in [-0.2, -0.15) is 0 Å². The first-order chi connectivity index (χ1) is 14.0. The molecule has 1 heterocycles. The molecular formula is C18H27F3N4O4Si. The summed E-state index contributed by atoms with van der Waals surface area (Å²) in [7, 11) is 1.55. The summed E-state index contributed by atoms with van der Waals surface area (Å²) in [5, 5.41) is 10.8. The lowest BCUT2D eigenvalue weighted by atomic mass is 10.1. The van der Waals surface area contributed by atoms with Crippen LogP contribution in [0.1, 0.15) is 11.9 Å². The minimum absolute atomic E-state index is 0.164. The average molecular weight is 449 g/mol. The van der Waals surface area contributed by atoms with E-state index in [4.69, 9.17) is 14.2 Å². The van der Waals surface area contributed by atoms with Crippen LogP contribution in [0.2, 0.25) is 25.7 Å². The van der Waals surface area contributed by atoms with Crippen LogP contribution in [0.4, 0.5) is 24.7 Å². The number of nitrogens with zero attached hydrogens (tertiary/aromatic N) is 3. The zero-order chi connectivity index (χ0) is 22.4. The Balaban J connectivity index is 2.18. The third-order valence-electron chi connectivity index (χ3n) is 3.96. The quantitative estimate of drug-likeness (QED) is 0.307. The molecule has 0 spiro atoms. The first-order valence-corrected chi connectivity index (χ1v) is 12.9. The minimum Gasteiger partial charge on any atom is -0.406 e. The van der Waals surface area contributed by atoms with Gasteiger partial charge in [-0.25, -0.2) is 4.68 Å². The van der Waals surface area contributed by atoms with Gasteiger partial charge in [-0.1, -0.05) is 24.9 Å². The van der Waals surface area contributed by atoms with Gasteiger partial charge in [-0.3, -0.25) is 0 Å². The topological polar surface area (TPSA) is 79.7 Å². The molecule has 1 N–H and O–H groups in total. The lowest BCUT2D eigenvalue weighted by molar-refractivity contribution is -0.274. The highest BCUT2D eigenvalue weighted by atomic mass is 28.3. The van der Waals surface area contributed by atoms with Crippen LogP contribution in [0.3, 0.4) is 0 Å². The summed E-state index contributed by atoms with van der Waals surface area (Å²) in [6.07, 6.45) is -4.25. The van der Waals surface area contributed by atoms with E-state index in [1.807, 2.05) is 0 Å². The monoisotopic (exact) mass is 448 g/mol. The van der Waals surface area contributed by atoms with E-state index in [1.165, 1.54) is 37.2 Å². The van der Waals surface area contributed by atoms with Crippen molar-refractivity contribution in [2.24, 2.45) is 0 Å². The molecule has 0 aliphatic rings. The first kappa shape index (κ1) is 24.1. The van der Waals surface area contributed by atoms with E-state index in [-0.39, 0.29) is 6.73 Å². The number of alkyl halides is 3. The van der Waals surface area contributed by atoms with Crippen molar-refractivity contribution in [2.75, 3.05) is 26.1 Å². The Morgan fingerprint density at radius 3 is 2.43 bits per heavy atom. The van der Waals surface area contributed by atoms with Gasteiger partial charge in [-0.05, 0) is 18.2 Å². The van der Waals surface area contributed by atoms with Gasteiger partial charge in [0, 0.05) is 46.2 Å². The lowest BCUT2D eigenvalue weighted by Crippen LogP contribution is -2.22. The second-order valence-corrected chi connectivity index (χ2v) is 13.4. The Morgan fingerprint density at radius 2 is 1.83 bits per heavy atom. The number of ether oxygens (including phenoxy) is 4. The molecule has 0 aliphatic carbocycles. The third kappa shape index (κ3) is 7.93. The van der Waals surface area contributed by atoms with Crippen molar-refractivity contribution < 1.29 is 32.1 Å². The van der Waals surface area contributed by atoms with Gasteiger partial charge in [0.25, 0.3) is 0 Å². The van der Waals surface area contributed by atoms with E-state index in [2.05, 4.69) is 40.0 Å². The molecule has 0 saturated heterocycles. The normalized spacial score (nSPS) is 12.4. The van der Waals surface area contributed by atoms with E-state index >= 15 is 0 Å². The van der Waals surface area contributed by atoms with Crippen LogP contribution in [0.15, 0.2) is 24.4 Å². The molecular weight excluding hydrogens is 421 g/mol. The number of nitrogens with one attached hydrogen (secondary N) is 1.